The van der Waals surface area contributed by atoms with Crippen molar-refractivity contribution in [3.8, 4) is 17.0 Å². The molecule has 0 amide bonds. The molecule has 0 spiro atoms. The number of hydrogen-bond donors (Lipinski definition) is 0. The smallest absolute Gasteiger partial charge is 0.404 e. The number of ether oxygens (including phenoxy) is 2. The summed E-state index contributed by atoms with van der Waals surface area (Å²) in [6.45, 7) is 9.47. The summed E-state index contributed by atoms with van der Waals surface area (Å²) < 4.78 is 49.6. The molecule has 0 N–H and O–H groups in total. The Kier molecular flexibility index (Phi) is 4.59. The fourth-order valence-electron chi connectivity index (χ4n) is 4.82. The van der Waals surface area contributed by atoms with E-state index in [2.05, 4.69) is 28.5 Å². The first-order valence-electron chi connectivity index (χ1n) is 10.4. The fourth-order valence-corrected chi connectivity index (χ4v) is 4.82. The summed E-state index contributed by atoms with van der Waals surface area (Å²) in [6.07, 6.45) is -3.20. The van der Waals surface area contributed by atoms with Gasteiger partial charge in [-0.1, -0.05) is 0 Å². The van der Waals surface area contributed by atoms with E-state index >= 15 is 0 Å². The molecule has 3 aliphatic rings. The topological polar surface area (TPSA) is 52.4 Å². The minimum absolute atomic E-state index is 0.163. The molecular weight excluding hydrogens is 397 g/mol. The second kappa shape index (κ2) is 6.95. The Morgan fingerprint density at radius 1 is 1.17 bits per heavy atom. The maximum absolute atomic E-state index is 12.7. The van der Waals surface area contributed by atoms with Crippen LogP contribution in [0.4, 0.5) is 13.2 Å². The Labute approximate surface area is 173 Å². The molecule has 1 saturated carbocycles. The SMILES string of the molecule is Cc1ncc(-c2cc(C3[C@H]4CN(C5COC5)C[C@@H]34)n(C(C)C)n2)cc1OC(F)(F)F. The Hall–Kier alpha value is -2.13. The molecule has 6 nitrogen and oxygen atoms in total. The van der Waals surface area contributed by atoms with Crippen LogP contribution in [0, 0.1) is 18.8 Å². The van der Waals surface area contributed by atoms with Crippen LogP contribution in [0.5, 0.6) is 5.75 Å². The van der Waals surface area contributed by atoms with Gasteiger partial charge in [0.05, 0.1) is 30.6 Å². The highest BCUT2D eigenvalue weighted by Crippen LogP contribution is 2.59. The van der Waals surface area contributed by atoms with Gasteiger partial charge in [0.2, 0.25) is 0 Å². The first-order chi connectivity index (χ1) is 14.2. The molecule has 0 radical (unpaired) electrons. The molecule has 2 aliphatic heterocycles. The van der Waals surface area contributed by atoms with Gasteiger partial charge in [-0.15, -0.1) is 13.2 Å². The maximum atomic E-state index is 12.7. The van der Waals surface area contributed by atoms with Crippen LogP contribution in [0.2, 0.25) is 0 Å². The van der Waals surface area contributed by atoms with Crippen LogP contribution in [0.3, 0.4) is 0 Å². The van der Waals surface area contributed by atoms with E-state index in [4.69, 9.17) is 9.84 Å². The average molecular weight is 422 g/mol. The number of aromatic nitrogens is 3. The van der Waals surface area contributed by atoms with Gasteiger partial charge >= 0.3 is 6.36 Å². The number of likely N-dealkylation sites (tertiary alicyclic amines) is 1. The zero-order chi connectivity index (χ0) is 21.2. The van der Waals surface area contributed by atoms with Crippen LogP contribution in [0.15, 0.2) is 18.3 Å². The molecule has 1 unspecified atom stereocenters. The number of hydrogen-bond acceptors (Lipinski definition) is 5. The molecule has 3 fully saturated rings. The maximum Gasteiger partial charge on any atom is 0.573 e. The number of fused-ring (bicyclic) bond motifs is 1. The second-order valence-electron chi connectivity index (χ2n) is 8.85. The Bertz CT molecular complexity index is 942. The monoisotopic (exact) mass is 422 g/mol. The summed E-state index contributed by atoms with van der Waals surface area (Å²) in [6, 6.07) is 4.12. The summed E-state index contributed by atoms with van der Waals surface area (Å²) in [5.41, 5.74) is 2.52. The quantitative estimate of drug-likeness (QED) is 0.734. The van der Waals surface area contributed by atoms with Crippen molar-refractivity contribution in [2.45, 2.75) is 45.1 Å². The Morgan fingerprint density at radius 3 is 2.43 bits per heavy atom. The zero-order valence-electron chi connectivity index (χ0n) is 17.2. The van der Waals surface area contributed by atoms with Gasteiger partial charge in [0, 0.05) is 42.5 Å². The van der Waals surface area contributed by atoms with Crippen LogP contribution in [0.1, 0.15) is 37.2 Å². The number of pyridine rings is 1. The third-order valence-electron chi connectivity index (χ3n) is 6.52. The molecule has 1 aliphatic carbocycles. The van der Waals surface area contributed by atoms with Gasteiger partial charge in [0.1, 0.15) is 0 Å². The van der Waals surface area contributed by atoms with E-state index in [1.54, 1.807) is 6.20 Å². The lowest BCUT2D eigenvalue weighted by molar-refractivity contribution is -0.274. The van der Waals surface area contributed by atoms with Crippen molar-refractivity contribution < 1.29 is 22.6 Å². The lowest BCUT2D eigenvalue weighted by Crippen LogP contribution is -2.48. The van der Waals surface area contributed by atoms with Crippen molar-refractivity contribution in [2.75, 3.05) is 26.3 Å². The second-order valence-corrected chi connectivity index (χ2v) is 8.85. The predicted octanol–water partition coefficient (Wildman–Crippen LogP) is 3.78. The number of halogens is 3. The summed E-state index contributed by atoms with van der Waals surface area (Å²) in [4.78, 5) is 6.62. The van der Waals surface area contributed by atoms with Crippen LogP contribution in [-0.4, -0.2) is 58.4 Å². The normalized spacial score (nSPS) is 26.7. The van der Waals surface area contributed by atoms with Gasteiger partial charge in [0.15, 0.2) is 5.75 Å². The molecule has 3 atom stereocenters. The minimum atomic E-state index is -4.75. The minimum Gasteiger partial charge on any atom is -0.404 e. The Morgan fingerprint density at radius 2 is 1.87 bits per heavy atom. The van der Waals surface area contributed by atoms with E-state index in [1.807, 2.05) is 10.7 Å². The first kappa shape index (κ1) is 19.8. The van der Waals surface area contributed by atoms with Crippen molar-refractivity contribution in [3.63, 3.8) is 0 Å². The van der Waals surface area contributed by atoms with Gasteiger partial charge in [-0.3, -0.25) is 14.6 Å². The van der Waals surface area contributed by atoms with Crippen LogP contribution in [0.25, 0.3) is 11.3 Å². The lowest BCUT2D eigenvalue weighted by Gasteiger charge is -2.35. The van der Waals surface area contributed by atoms with E-state index in [1.165, 1.54) is 18.7 Å². The van der Waals surface area contributed by atoms with Crippen LogP contribution in [-0.2, 0) is 4.74 Å². The number of alkyl halides is 3. The molecule has 2 saturated heterocycles. The van der Waals surface area contributed by atoms with E-state index < -0.39 is 6.36 Å². The summed E-state index contributed by atoms with van der Waals surface area (Å²) >= 11 is 0. The highest BCUT2D eigenvalue weighted by atomic mass is 19.4. The lowest BCUT2D eigenvalue weighted by atomic mass is 10.1. The zero-order valence-corrected chi connectivity index (χ0v) is 17.2. The van der Waals surface area contributed by atoms with E-state index in [-0.39, 0.29) is 17.5 Å². The van der Waals surface area contributed by atoms with Gasteiger partial charge in [-0.25, -0.2) is 0 Å². The summed E-state index contributed by atoms with van der Waals surface area (Å²) in [7, 11) is 0. The molecule has 2 aromatic heterocycles. The standard InChI is InChI=1S/C21H25F3N4O2/c1-11(2)28-18(20-15-7-27(8-16(15)20)14-9-29-10-14)5-17(26-28)13-4-19(12(3)25-6-13)30-21(22,23)24/h4-6,11,14-16,20H,7-10H2,1-3H3/t15-,16+,20?. The number of aryl methyl sites for hydroxylation is 1. The van der Waals surface area contributed by atoms with Crippen molar-refractivity contribution in [1.82, 2.24) is 19.7 Å². The third kappa shape index (κ3) is 3.47. The van der Waals surface area contributed by atoms with Crippen LogP contribution < -0.4 is 4.74 Å². The molecule has 0 bridgehead atoms. The molecule has 9 heteroatoms. The van der Waals surface area contributed by atoms with Crippen molar-refractivity contribution in [3.05, 3.63) is 29.7 Å². The van der Waals surface area contributed by atoms with Crippen LogP contribution >= 0.6 is 0 Å². The van der Waals surface area contributed by atoms with Gasteiger partial charge in [-0.2, -0.15) is 5.10 Å². The molecule has 0 aromatic carbocycles. The summed E-state index contributed by atoms with van der Waals surface area (Å²) in [5.74, 6) is 1.40. The largest absolute Gasteiger partial charge is 0.573 e. The predicted molar refractivity (Wildman–Crippen MR) is 103 cm³/mol. The molecule has 5 rings (SSSR count). The van der Waals surface area contributed by atoms with E-state index in [0.29, 0.717) is 35.1 Å². The average Bonchev–Trinajstić information content (AvgIpc) is 2.97. The highest BCUT2D eigenvalue weighted by Gasteiger charge is 2.58. The molecule has 4 heterocycles. The molecule has 30 heavy (non-hydrogen) atoms. The molecule has 2 aromatic rings. The van der Waals surface area contributed by atoms with Crippen molar-refractivity contribution in [1.29, 1.82) is 0 Å². The Balaban J connectivity index is 1.40. The van der Waals surface area contributed by atoms with Crippen molar-refractivity contribution in [2.24, 2.45) is 11.8 Å². The van der Waals surface area contributed by atoms with E-state index in [0.717, 1.165) is 26.3 Å². The number of nitrogens with zero attached hydrogens (tertiary/aromatic N) is 4. The summed E-state index contributed by atoms with van der Waals surface area (Å²) in [5, 5.41) is 4.72. The third-order valence-corrected chi connectivity index (χ3v) is 6.52. The highest BCUT2D eigenvalue weighted by molar-refractivity contribution is 5.61. The van der Waals surface area contributed by atoms with Gasteiger partial charge in [0.25, 0.3) is 0 Å². The van der Waals surface area contributed by atoms with Gasteiger partial charge in [-0.05, 0) is 44.7 Å². The first-order valence-corrected chi connectivity index (χ1v) is 10.4. The number of piperidine rings is 1. The number of rotatable bonds is 5. The van der Waals surface area contributed by atoms with Crippen molar-refractivity contribution >= 4 is 0 Å². The molecular formula is C21H25F3N4O2. The van der Waals surface area contributed by atoms with Gasteiger partial charge < -0.3 is 9.47 Å². The van der Waals surface area contributed by atoms with E-state index in [9.17, 15) is 13.2 Å². The fraction of sp³-hybridized carbons (Fsp3) is 0.619. The molecule has 162 valence electrons.